The Bertz CT molecular complexity index is 910. The van der Waals surface area contributed by atoms with Crippen molar-refractivity contribution in [2.24, 2.45) is 0 Å². The van der Waals surface area contributed by atoms with Crippen molar-refractivity contribution in [1.82, 2.24) is 0 Å². The van der Waals surface area contributed by atoms with E-state index >= 15 is 0 Å². The molecule has 0 bridgehead atoms. The third kappa shape index (κ3) is 2.95. The molecule has 0 saturated heterocycles. The van der Waals surface area contributed by atoms with Gasteiger partial charge in [-0.05, 0) is 42.8 Å². The van der Waals surface area contributed by atoms with Crippen LogP contribution in [0.1, 0.15) is 29.8 Å². The lowest BCUT2D eigenvalue weighted by atomic mass is 9.92. The summed E-state index contributed by atoms with van der Waals surface area (Å²) in [4.78, 5) is 11.1. The molecule has 3 rings (SSSR count). The number of benzene rings is 3. The van der Waals surface area contributed by atoms with Crippen molar-refractivity contribution < 1.29 is 19.0 Å². The number of halogens is 1. The van der Waals surface area contributed by atoms with Crippen molar-refractivity contribution in [2.75, 3.05) is 0 Å². The summed E-state index contributed by atoms with van der Waals surface area (Å²) in [6.45, 7) is 3.67. The quantitative estimate of drug-likeness (QED) is 0.735. The van der Waals surface area contributed by atoms with Gasteiger partial charge < -0.3 is 9.84 Å². The van der Waals surface area contributed by atoms with Crippen molar-refractivity contribution in [1.29, 1.82) is 0 Å². The molecule has 4 heteroatoms. The van der Waals surface area contributed by atoms with Gasteiger partial charge in [0, 0.05) is 5.56 Å². The molecule has 122 valence electrons. The van der Waals surface area contributed by atoms with E-state index in [-0.39, 0.29) is 11.3 Å². The monoisotopic (exact) mass is 324 g/mol. The second kappa shape index (κ2) is 5.96. The van der Waals surface area contributed by atoms with Crippen molar-refractivity contribution in [3.63, 3.8) is 0 Å². The minimum atomic E-state index is -1.12. The van der Waals surface area contributed by atoms with E-state index in [9.17, 15) is 9.18 Å². The lowest BCUT2D eigenvalue weighted by Gasteiger charge is -2.28. The first-order valence-corrected chi connectivity index (χ1v) is 7.58. The predicted molar refractivity (Wildman–Crippen MR) is 91.0 cm³/mol. The van der Waals surface area contributed by atoms with E-state index in [1.807, 2.05) is 56.3 Å². The topological polar surface area (TPSA) is 46.5 Å². The van der Waals surface area contributed by atoms with E-state index in [1.54, 1.807) is 0 Å². The normalized spacial score (nSPS) is 11.5. The molecule has 0 radical (unpaired) electrons. The second-order valence-electron chi connectivity index (χ2n) is 6.09. The fourth-order valence-corrected chi connectivity index (χ4v) is 2.79. The van der Waals surface area contributed by atoms with Gasteiger partial charge in [-0.15, -0.1) is 0 Å². The van der Waals surface area contributed by atoms with E-state index in [0.29, 0.717) is 0 Å². The summed E-state index contributed by atoms with van der Waals surface area (Å²) < 4.78 is 20.0. The van der Waals surface area contributed by atoms with Gasteiger partial charge in [-0.25, -0.2) is 9.18 Å². The molecule has 0 unspecified atom stereocenters. The minimum Gasteiger partial charge on any atom is -0.480 e. The van der Waals surface area contributed by atoms with Crippen LogP contribution in [0.4, 0.5) is 4.39 Å². The van der Waals surface area contributed by atoms with Crippen LogP contribution >= 0.6 is 0 Å². The first kappa shape index (κ1) is 16.0. The molecule has 0 aliphatic rings. The van der Waals surface area contributed by atoms with Gasteiger partial charge in [0.1, 0.15) is 5.60 Å². The van der Waals surface area contributed by atoms with Crippen LogP contribution in [-0.4, -0.2) is 11.1 Å². The molecule has 24 heavy (non-hydrogen) atoms. The highest BCUT2D eigenvalue weighted by molar-refractivity contribution is 5.88. The zero-order chi connectivity index (χ0) is 17.3. The average Bonchev–Trinajstić information content (AvgIpc) is 2.56. The van der Waals surface area contributed by atoms with Crippen LogP contribution in [0.25, 0.3) is 10.8 Å². The maximum Gasteiger partial charge on any atom is 0.335 e. The molecule has 0 aliphatic carbocycles. The van der Waals surface area contributed by atoms with Crippen LogP contribution in [0.3, 0.4) is 0 Å². The maximum atomic E-state index is 14.1. The molecule has 0 aromatic heterocycles. The standard InChI is InChI=1S/C20H17FO3/c1-20(2,16-9-5-7-13-6-3-4-8-15(13)16)24-18-12-14(19(22)23)10-11-17(18)21/h3-12H,1-2H3,(H,22,23). The van der Waals surface area contributed by atoms with E-state index in [0.717, 1.165) is 22.4 Å². The Morgan fingerprint density at radius 2 is 1.75 bits per heavy atom. The molecule has 1 N–H and O–H groups in total. The van der Waals surface area contributed by atoms with Gasteiger partial charge >= 0.3 is 5.97 Å². The summed E-state index contributed by atoms with van der Waals surface area (Å²) in [5.41, 5.74) is 0.0552. The summed E-state index contributed by atoms with van der Waals surface area (Å²) in [6.07, 6.45) is 0. The molecule has 0 heterocycles. The van der Waals surface area contributed by atoms with Crippen molar-refractivity contribution >= 4 is 16.7 Å². The Labute approximate surface area is 139 Å². The van der Waals surface area contributed by atoms with Gasteiger partial charge in [0.05, 0.1) is 5.56 Å². The Hall–Kier alpha value is -2.88. The Balaban J connectivity index is 2.05. The fraction of sp³-hybridized carbons (Fsp3) is 0.150. The molecule has 0 atom stereocenters. The van der Waals surface area contributed by atoms with Crippen LogP contribution in [0.2, 0.25) is 0 Å². The number of fused-ring (bicyclic) bond motifs is 1. The van der Waals surface area contributed by atoms with Crippen LogP contribution in [-0.2, 0) is 5.60 Å². The summed E-state index contributed by atoms with van der Waals surface area (Å²) in [5.74, 6) is -1.79. The third-order valence-corrected chi connectivity index (χ3v) is 3.98. The molecule has 0 fully saturated rings. The van der Waals surface area contributed by atoms with E-state index < -0.39 is 17.4 Å². The van der Waals surface area contributed by atoms with Crippen molar-refractivity contribution in [3.8, 4) is 5.75 Å². The molecule has 0 saturated carbocycles. The largest absolute Gasteiger partial charge is 0.480 e. The highest BCUT2D eigenvalue weighted by Gasteiger charge is 2.26. The predicted octanol–water partition coefficient (Wildman–Crippen LogP) is 4.99. The van der Waals surface area contributed by atoms with Gasteiger partial charge in [0.15, 0.2) is 11.6 Å². The second-order valence-corrected chi connectivity index (χ2v) is 6.09. The number of carboxylic acids is 1. The molecule has 0 spiro atoms. The molecule has 0 aliphatic heterocycles. The first-order chi connectivity index (χ1) is 11.4. The number of ether oxygens (including phenoxy) is 1. The first-order valence-electron chi connectivity index (χ1n) is 7.58. The van der Waals surface area contributed by atoms with Crippen LogP contribution < -0.4 is 4.74 Å². The lowest BCUT2D eigenvalue weighted by molar-refractivity contribution is 0.0692. The number of hydrogen-bond donors (Lipinski definition) is 1. The van der Waals surface area contributed by atoms with Gasteiger partial charge in [0.25, 0.3) is 0 Å². The number of carboxylic acid groups (broad SMARTS) is 1. The highest BCUT2D eigenvalue weighted by atomic mass is 19.1. The molecule has 0 amide bonds. The van der Waals surface area contributed by atoms with Crippen molar-refractivity contribution in [3.05, 3.63) is 77.6 Å². The Morgan fingerprint density at radius 3 is 2.50 bits per heavy atom. The number of hydrogen-bond acceptors (Lipinski definition) is 2. The average molecular weight is 324 g/mol. The Morgan fingerprint density at radius 1 is 1.04 bits per heavy atom. The minimum absolute atomic E-state index is 0.0138. The summed E-state index contributed by atoms with van der Waals surface area (Å²) in [7, 11) is 0. The zero-order valence-electron chi connectivity index (χ0n) is 13.4. The Kier molecular flexibility index (Phi) is 3.97. The van der Waals surface area contributed by atoms with E-state index in [4.69, 9.17) is 9.84 Å². The zero-order valence-corrected chi connectivity index (χ0v) is 13.4. The summed E-state index contributed by atoms with van der Waals surface area (Å²) in [6, 6.07) is 17.3. The highest BCUT2D eigenvalue weighted by Crippen LogP contribution is 2.34. The van der Waals surface area contributed by atoms with Gasteiger partial charge in [-0.1, -0.05) is 42.5 Å². The maximum absolute atomic E-state index is 14.1. The molecule has 3 nitrogen and oxygen atoms in total. The van der Waals surface area contributed by atoms with Crippen LogP contribution in [0.5, 0.6) is 5.75 Å². The number of carbonyl (C=O) groups is 1. The van der Waals surface area contributed by atoms with Crippen LogP contribution in [0, 0.1) is 5.82 Å². The molecular formula is C20H17FO3. The van der Waals surface area contributed by atoms with Crippen molar-refractivity contribution in [2.45, 2.75) is 19.4 Å². The molecule has 3 aromatic carbocycles. The fourth-order valence-electron chi connectivity index (χ4n) is 2.79. The van der Waals surface area contributed by atoms with Gasteiger partial charge in [0.2, 0.25) is 0 Å². The SMILES string of the molecule is CC(C)(Oc1cc(C(=O)O)ccc1F)c1cccc2ccccc12. The number of aromatic carboxylic acids is 1. The van der Waals surface area contributed by atoms with Gasteiger partial charge in [-0.3, -0.25) is 0 Å². The summed E-state index contributed by atoms with van der Waals surface area (Å²) in [5, 5.41) is 11.2. The van der Waals surface area contributed by atoms with Gasteiger partial charge in [-0.2, -0.15) is 0 Å². The smallest absolute Gasteiger partial charge is 0.335 e. The molecule has 3 aromatic rings. The van der Waals surface area contributed by atoms with Crippen LogP contribution in [0.15, 0.2) is 60.7 Å². The third-order valence-electron chi connectivity index (χ3n) is 3.98. The number of rotatable bonds is 4. The van der Waals surface area contributed by atoms with E-state index in [2.05, 4.69) is 0 Å². The summed E-state index contributed by atoms with van der Waals surface area (Å²) >= 11 is 0. The lowest BCUT2D eigenvalue weighted by Crippen LogP contribution is -2.26. The molecular weight excluding hydrogens is 307 g/mol. The van der Waals surface area contributed by atoms with E-state index in [1.165, 1.54) is 12.1 Å².